The van der Waals surface area contributed by atoms with Crippen molar-refractivity contribution < 1.29 is 14.6 Å². The second kappa shape index (κ2) is 4.60. The highest BCUT2D eigenvalue weighted by molar-refractivity contribution is 4.77. The van der Waals surface area contributed by atoms with Crippen LogP contribution in [0.2, 0.25) is 0 Å². The maximum atomic E-state index is 9.71. The maximum Gasteiger partial charge on any atom is 0.163 e. The molecule has 0 aromatic carbocycles. The minimum Gasteiger partial charge on any atom is -0.368 e. The van der Waals surface area contributed by atoms with Crippen molar-refractivity contribution in [3.8, 4) is 0 Å². The van der Waals surface area contributed by atoms with Crippen LogP contribution in [0.5, 0.6) is 0 Å². The van der Waals surface area contributed by atoms with Gasteiger partial charge in [0.05, 0.1) is 6.10 Å². The fourth-order valence-electron chi connectivity index (χ4n) is 1.81. The SMILES string of the molecule is CC(C)[C@@H]1O[C@H](O)[C@H](C)[C@H](C(C)C)O1. The van der Waals surface area contributed by atoms with Gasteiger partial charge < -0.3 is 14.6 Å². The average Bonchev–Trinajstić information content (AvgIpc) is 2.08. The van der Waals surface area contributed by atoms with Gasteiger partial charge in [0.25, 0.3) is 0 Å². The Morgan fingerprint density at radius 1 is 1.00 bits per heavy atom. The summed E-state index contributed by atoms with van der Waals surface area (Å²) in [5, 5.41) is 9.71. The molecule has 0 aliphatic carbocycles. The van der Waals surface area contributed by atoms with E-state index in [-0.39, 0.29) is 24.2 Å². The summed E-state index contributed by atoms with van der Waals surface area (Å²) in [4.78, 5) is 0. The third kappa shape index (κ3) is 2.47. The van der Waals surface area contributed by atoms with Crippen LogP contribution in [0.1, 0.15) is 34.6 Å². The molecule has 14 heavy (non-hydrogen) atoms. The number of aliphatic hydroxyl groups is 1. The first kappa shape index (κ1) is 12.0. The molecule has 4 atom stereocenters. The fourth-order valence-corrected chi connectivity index (χ4v) is 1.81. The third-order valence-corrected chi connectivity index (χ3v) is 2.73. The summed E-state index contributed by atoms with van der Waals surface area (Å²) >= 11 is 0. The van der Waals surface area contributed by atoms with Gasteiger partial charge in [-0.05, 0) is 5.92 Å². The molecule has 0 aromatic heterocycles. The molecule has 0 unspecified atom stereocenters. The highest BCUT2D eigenvalue weighted by Crippen LogP contribution is 2.30. The van der Waals surface area contributed by atoms with Crippen LogP contribution in [0.4, 0.5) is 0 Å². The van der Waals surface area contributed by atoms with E-state index in [9.17, 15) is 5.11 Å². The number of ether oxygens (including phenoxy) is 2. The average molecular weight is 202 g/mol. The molecule has 0 saturated carbocycles. The minimum absolute atomic E-state index is 0.0463. The van der Waals surface area contributed by atoms with E-state index < -0.39 is 6.29 Å². The van der Waals surface area contributed by atoms with Gasteiger partial charge in [-0.25, -0.2) is 0 Å². The van der Waals surface area contributed by atoms with E-state index in [1.807, 2.05) is 20.8 Å². The first-order chi connectivity index (χ1) is 6.43. The number of aliphatic hydroxyl groups excluding tert-OH is 1. The van der Waals surface area contributed by atoms with Gasteiger partial charge in [0, 0.05) is 11.8 Å². The summed E-state index contributed by atoms with van der Waals surface area (Å²) in [5.41, 5.74) is 0. The molecule has 0 radical (unpaired) electrons. The summed E-state index contributed by atoms with van der Waals surface area (Å²) in [6.07, 6.45) is -0.872. The second-order valence-electron chi connectivity index (χ2n) is 4.84. The van der Waals surface area contributed by atoms with E-state index >= 15 is 0 Å². The molecule has 3 heteroatoms. The quantitative estimate of drug-likeness (QED) is 0.744. The Labute approximate surface area is 86.4 Å². The zero-order valence-electron chi connectivity index (χ0n) is 9.73. The lowest BCUT2D eigenvalue weighted by Crippen LogP contribution is -2.48. The molecule has 0 amide bonds. The highest BCUT2D eigenvalue weighted by atomic mass is 16.7. The predicted molar refractivity (Wildman–Crippen MR) is 54.6 cm³/mol. The Balaban J connectivity index is 2.66. The normalized spacial score (nSPS) is 39.4. The van der Waals surface area contributed by atoms with Gasteiger partial charge in [-0.15, -0.1) is 0 Å². The lowest BCUT2D eigenvalue weighted by Gasteiger charge is -2.41. The Bertz CT molecular complexity index is 179. The fraction of sp³-hybridized carbons (Fsp3) is 1.00. The van der Waals surface area contributed by atoms with Crippen LogP contribution in [-0.2, 0) is 9.47 Å². The van der Waals surface area contributed by atoms with Crippen molar-refractivity contribution in [3.05, 3.63) is 0 Å². The van der Waals surface area contributed by atoms with Crippen LogP contribution in [0.15, 0.2) is 0 Å². The summed E-state index contributed by atoms with van der Waals surface area (Å²) in [6, 6.07) is 0. The minimum atomic E-state index is -0.691. The monoisotopic (exact) mass is 202 g/mol. The van der Waals surface area contributed by atoms with E-state index in [1.165, 1.54) is 0 Å². The molecule has 1 heterocycles. The van der Waals surface area contributed by atoms with Gasteiger partial charge in [0.2, 0.25) is 0 Å². The Morgan fingerprint density at radius 3 is 2.00 bits per heavy atom. The topological polar surface area (TPSA) is 38.7 Å². The Morgan fingerprint density at radius 2 is 1.57 bits per heavy atom. The van der Waals surface area contributed by atoms with E-state index in [1.54, 1.807) is 0 Å². The number of hydrogen-bond donors (Lipinski definition) is 1. The van der Waals surface area contributed by atoms with Crippen molar-refractivity contribution in [2.45, 2.75) is 53.3 Å². The molecule has 1 rings (SSSR count). The maximum absolute atomic E-state index is 9.71. The number of rotatable bonds is 2. The molecular weight excluding hydrogens is 180 g/mol. The smallest absolute Gasteiger partial charge is 0.163 e. The molecule has 0 spiro atoms. The van der Waals surface area contributed by atoms with Crippen LogP contribution >= 0.6 is 0 Å². The van der Waals surface area contributed by atoms with E-state index in [0.29, 0.717) is 5.92 Å². The largest absolute Gasteiger partial charge is 0.368 e. The second-order valence-corrected chi connectivity index (χ2v) is 4.84. The molecule has 3 nitrogen and oxygen atoms in total. The molecule has 1 fully saturated rings. The zero-order valence-corrected chi connectivity index (χ0v) is 9.73. The van der Waals surface area contributed by atoms with Crippen molar-refractivity contribution in [2.75, 3.05) is 0 Å². The first-order valence-corrected chi connectivity index (χ1v) is 5.42. The third-order valence-electron chi connectivity index (χ3n) is 2.73. The molecule has 1 aliphatic heterocycles. The molecule has 1 saturated heterocycles. The summed E-state index contributed by atoms with van der Waals surface area (Å²) in [5.74, 6) is 0.730. The van der Waals surface area contributed by atoms with Crippen molar-refractivity contribution in [3.63, 3.8) is 0 Å². The standard InChI is InChI=1S/C11H22O3/c1-6(2)9-8(5)10(12)14-11(13-9)7(3)4/h6-12H,1-5H3/t8-,9+,10+,11+/m1/s1. The lowest BCUT2D eigenvalue weighted by atomic mass is 9.92. The van der Waals surface area contributed by atoms with Crippen molar-refractivity contribution in [2.24, 2.45) is 17.8 Å². The molecular formula is C11H22O3. The van der Waals surface area contributed by atoms with Crippen molar-refractivity contribution in [1.82, 2.24) is 0 Å². The molecule has 0 bridgehead atoms. The Hall–Kier alpha value is -0.120. The van der Waals surface area contributed by atoms with Gasteiger partial charge in [0.1, 0.15) is 0 Å². The van der Waals surface area contributed by atoms with Crippen LogP contribution in [-0.4, -0.2) is 23.8 Å². The molecule has 0 aromatic rings. The summed E-state index contributed by atoms with van der Waals surface area (Å²) in [7, 11) is 0. The summed E-state index contributed by atoms with van der Waals surface area (Å²) < 4.78 is 11.2. The van der Waals surface area contributed by atoms with Crippen molar-refractivity contribution in [1.29, 1.82) is 0 Å². The van der Waals surface area contributed by atoms with Gasteiger partial charge in [0.15, 0.2) is 12.6 Å². The summed E-state index contributed by atoms with van der Waals surface area (Å²) in [6.45, 7) is 10.2. The van der Waals surface area contributed by atoms with E-state index in [4.69, 9.17) is 9.47 Å². The molecule has 84 valence electrons. The van der Waals surface area contributed by atoms with Gasteiger partial charge in [-0.1, -0.05) is 34.6 Å². The van der Waals surface area contributed by atoms with Crippen LogP contribution in [0.25, 0.3) is 0 Å². The lowest BCUT2D eigenvalue weighted by molar-refractivity contribution is -0.335. The highest BCUT2D eigenvalue weighted by Gasteiger charge is 2.38. The van der Waals surface area contributed by atoms with Crippen molar-refractivity contribution >= 4 is 0 Å². The predicted octanol–water partition coefficient (Wildman–Crippen LogP) is 1.99. The van der Waals surface area contributed by atoms with Gasteiger partial charge in [-0.2, -0.15) is 0 Å². The van der Waals surface area contributed by atoms with E-state index in [0.717, 1.165) is 0 Å². The van der Waals surface area contributed by atoms with E-state index in [2.05, 4.69) is 13.8 Å². The van der Waals surface area contributed by atoms with Crippen LogP contribution < -0.4 is 0 Å². The zero-order chi connectivity index (χ0) is 10.9. The van der Waals surface area contributed by atoms with Crippen LogP contribution in [0.3, 0.4) is 0 Å². The van der Waals surface area contributed by atoms with Crippen LogP contribution in [0, 0.1) is 17.8 Å². The Kier molecular flexibility index (Phi) is 3.93. The van der Waals surface area contributed by atoms with Gasteiger partial charge in [-0.3, -0.25) is 0 Å². The first-order valence-electron chi connectivity index (χ1n) is 5.42. The van der Waals surface area contributed by atoms with Gasteiger partial charge >= 0.3 is 0 Å². The number of hydrogen-bond acceptors (Lipinski definition) is 3. The molecule has 1 aliphatic rings. The molecule has 1 N–H and O–H groups in total.